The number of aromatic carboxylic acids is 1. The van der Waals surface area contributed by atoms with Crippen LogP contribution in [0.2, 0.25) is 0 Å². The first kappa shape index (κ1) is 11.9. The summed E-state index contributed by atoms with van der Waals surface area (Å²) >= 11 is 1.55. The lowest BCUT2D eigenvalue weighted by Crippen LogP contribution is -2.03. The van der Waals surface area contributed by atoms with Gasteiger partial charge in [-0.3, -0.25) is 0 Å². The fourth-order valence-electron chi connectivity index (χ4n) is 1.75. The van der Waals surface area contributed by atoms with Crippen molar-refractivity contribution in [2.24, 2.45) is 0 Å². The second kappa shape index (κ2) is 4.81. The van der Waals surface area contributed by atoms with Crippen LogP contribution < -0.4 is 14.2 Å². The van der Waals surface area contributed by atoms with Gasteiger partial charge in [-0.1, -0.05) is 6.07 Å². The number of carboxylic acids is 1. The van der Waals surface area contributed by atoms with Crippen molar-refractivity contribution in [1.29, 1.82) is 0 Å². The third kappa shape index (κ3) is 2.34. The smallest absolute Gasteiger partial charge is 0.339 e. The third-order valence-electron chi connectivity index (χ3n) is 2.66. The van der Waals surface area contributed by atoms with Gasteiger partial charge in [-0.15, -0.1) is 11.3 Å². The molecule has 1 aromatic heterocycles. The molecule has 2 aromatic rings. The molecular weight excluding hydrogens is 268 g/mol. The number of benzene rings is 1. The summed E-state index contributed by atoms with van der Waals surface area (Å²) in [6, 6.07) is 6.83. The lowest BCUT2D eigenvalue weighted by atomic mass is 10.2. The maximum Gasteiger partial charge on any atom is 0.339 e. The van der Waals surface area contributed by atoms with Gasteiger partial charge in [0, 0.05) is 17.0 Å². The van der Waals surface area contributed by atoms with Crippen LogP contribution in [0.1, 0.15) is 15.2 Å². The van der Waals surface area contributed by atoms with Gasteiger partial charge in [-0.05, 0) is 11.4 Å². The molecule has 0 amide bonds. The van der Waals surface area contributed by atoms with Crippen molar-refractivity contribution in [3.8, 4) is 17.2 Å². The first-order valence-corrected chi connectivity index (χ1v) is 6.44. The summed E-state index contributed by atoms with van der Waals surface area (Å²) in [5.74, 6) is 0.164. The van der Waals surface area contributed by atoms with Crippen LogP contribution in [-0.2, 0) is 6.61 Å². The standard InChI is InChI=1S/C13H10O5S/c14-13(15)9-4-11-12(18-7-17-11)5-10(9)16-6-8-2-1-3-19-8/h1-5H,6-7H2,(H,14,15). The van der Waals surface area contributed by atoms with Gasteiger partial charge in [0.1, 0.15) is 17.9 Å². The molecule has 1 aliphatic heterocycles. The topological polar surface area (TPSA) is 65.0 Å². The van der Waals surface area contributed by atoms with Crippen molar-refractivity contribution in [2.75, 3.05) is 6.79 Å². The zero-order valence-electron chi connectivity index (χ0n) is 9.79. The van der Waals surface area contributed by atoms with Crippen LogP contribution in [0.4, 0.5) is 0 Å². The Bertz CT molecular complexity index is 606. The average molecular weight is 278 g/mol. The van der Waals surface area contributed by atoms with Crippen LogP contribution in [0.15, 0.2) is 29.6 Å². The van der Waals surface area contributed by atoms with Crippen LogP contribution in [-0.4, -0.2) is 17.9 Å². The Hall–Kier alpha value is -2.21. The summed E-state index contributed by atoms with van der Waals surface area (Å²) in [5, 5.41) is 11.1. The molecule has 1 aliphatic rings. The van der Waals surface area contributed by atoms with Gasteiger partial charge in [-0.25, -0.2) is 4.79 Å². The highest BCUT2D eigenvalue weighted by molar-refractivity contribution is 7.09. The Morgan fingerprint density at radius 3 is 2.84 bits per heavy atom. The minimum absolute atomic E-state index is 0.0702. The highest BCUT2D eigenvalue weighted by Crippen LogP contribution is 2.38. The van der Waals surface area contributed by atoms with Crippen molar-refractivity contribution in [1.82, 2.24) is 0 Å². The van der Waals surface area contributed by atoms with Gasteiger partial charge >= 0.3 is 5.97 Å². The maximum absolute atomic E-state index is 11.2. The Morgan fingerprint density at radius 1 is 1.37 bits per heavy atom. The zero-order chi connectivity index (χ0) is 13.2. The van der Waals surface area contributed by atoms with E-state index in [0.717, 1.165) is 4.88 Å². The van der Waals surface area contributed by atoms with Crippen LogP contribution in [0.25, 0.3) is 0 Å². The molecule has 3 rings (SSSR count). The molecule has 0 saturated carbocycles. The summed E-state index contributed by atoms with van der Waals surface area (Å²) in [5.41, 5.74) is 0.0702. The largest absolute Gasteiger partial charge is 0.487 e. The van der Waals surface area contributed by atoms with Gasteiger partial charge in [-0.2, -0.15) is 0 Å². The highest BCUT2D eigenvalue weighted by atomic mass is 32.1. The molecule has 0 bridgehead atoms. The zero-order valence-corrected chi connectivity index (χ0v) is 10.6. The predicted octanol–water partition coefficient (Wildman–Crippen LogP) is 2.75. The van der Waals surface area contributed by atoms with Crippen LogP contribution >= 0.6 is 11.3 Å². The summed E-state index contributed by atoms with van der Waals surface area (Å²) in [4.78, 5) is 12.2. The highest BCUT2D eigenvalue weighted by Gasteiger charge is 2.21. The van der Waals surface area contributed by atoms with Gasteiger partial charge in [0.15, 0.2) is 11.5 Å². The average Bonchev–Trinajstić information content (AvgIpc) is 3.05. The molecule has 2 heterocycles. The van der Waals surface area contributed by atoms with Gasteiger partial charge in [0.25, 0.3) is 0 Å². The molecule has 0 radical (unpaired) electrons. The minimum atomic E-state index is -1.06. The number of ether oxygens (including phenoxy) is 3. The number of carboxylic acid groups (broad SMARTS) is 1. The number of fused-ring (bicyclic) bond motifs is 1. The van der Waals surface area contributed by atoms with Crippen molar-refractivity contribution in [3.63, 3.8) is 0 Å². The monoisotopic (exact) mass is 278 g/mol. The second-order valence-corrected chi connectivity index (χ2v) is 4.91. The van der Waals surface area contributed by atoms with Crippen molar-refractivity contribution in [3.05, 3.63) is 40.1 Å². The Morgan fingerprint density at radius 2 is 2.16 bits per heavy atom. The number of thiophene rings is 1. The summed E-state index contributed by atoms with van der Waals surface area (Å²) in [6.45, 7) is 0.431. The Kier molecular flexibility index (Phi) is 3.00. The van der Waals surface area contributed by atoms with E-state index in [-0.39, 0.29) is 18.1 Å². The number of carbonyl (C=O) groups is 1. The van der Waals surface area contributed by atoms with E-state index in [1.807, 2.05) is 17.5 Å². The molecule has 0 aliphatic carbocycles. The molecule has 0 unspecified atom stereocenters. The summed E-state index contributed by atoms with van der Waals surface area (Å²) in [6.07, 6.45) is 0. The van der Waals surface area contributed by atoms with Gasteiger partial charge in [0.2, 0.25) is 6.79 Å². The van der Waals surface area contributed by atoms with Crippen LogP contribution in [0.3, 0.4) is 0 Å². The third-order valence-corrected chi connectivity index (χ3v) is 3.51. The van der Waals surface area contributed by atoms with Crippen molar-refractivity contribution in [2.45, 2.75) is 6.61 Å². The lowest BCUT2D eigenvalue weighted by molar-refractivity contribution is 0.0691. The fourth-order valence-corrected chi connectivity index (χ4v) is 2.37. The number of hydrogen-bond acceptors (Lipinski definition) is 5. The van der Waals surface area contributed by atoms with E-state index in [2.05, 4.69) is 0 Å². The molecule has 6 heteroatoms. The van der Waals surface area contributed by atoms with E-state index in [9.17, 15) is 9.90 Å². The van der Waals surface area contributed by atoms with Crippen molar-refractivity contribution >= 4 is 17.3 Å². The molecule has 1 aromatic carbocycles. The first-order chi connectivity index (χ1) is 9.24. The molecular formula is C13H10O5S. The van der Waals surface area contributed by atoms with E-state index in [4.69, 9.17) is 14.2 Å². The SMILES string of the molecule is O=C(O)c1cc2c(cc1OCc1cccs1)OCO2. The molecule has 0 fully saturated rings. The van der Waals surface area contributed by atoms with E-state index in [1.54, 1.807) is 17.4 Å². The van der Waals surface area contributed by atoms with Crippen molar-refractivity contribution < 1.29 is 24.1 Å². The molecule has 0 spiro atoms. The summed E-state index contributed by atoms with van der Waals surface area (Å²) in [7, 11) is 0. The van der Waals surface area contributed by atoms with E-state index >= 15 is 0 Å². The maximum atomic E-state index is 11.2. The summed E-state index contributed by atoms with van der Waals surface area (Å²) < 4.78 is 15.9. The molecule has 0 atom stereocenters. The fraction of sp³-hybridized carbons (Fsp3) is 0.154. The predicted molar refractivity (Wildman–Crippen MR) is 68.2 cm³/mol. The van der Waals surface area contributed by atoms with Gasteiger partial charge in [0.05, 0.1) is 0 Å². The molecule has 0 saturated heterocycles. The lowest BCUT2D eigenvalue weighted by Gasteiger charge is -2.09. The van der Waals surface area contributed by atoms with Gasteiger partial charge < -0.3 is 19.3 Å². The van der Waals surface area contributed by atoms with E-state index in [0.29, 0.717) is 18.1 Å². The van der Waals surface area contributed by atoms with Crippen LogP contribution in [0.5, 0.6) is 17.2 Å². The quantitative estimate of drug-likeness (QED) is 0.931. The van der Waals surface area contributed by atoms with Crippen LogP contribution in [0, 0.1) is 0 Å². The molecule has 1 N–H and O–H groups in total. The van der Waals surface area contributed by atoms with E-state index in [1.165, 1.54) is 6.07 Å². The second-order valence-electron chi connectivity index (χ2n) is 3.87. The number of hydrogen-bond donors (Lipinski definition) is 1. The first-order valence-electron chi connectivity index (χ1n) is 5.56. The minimum Gasteiger partial charge on any atom is -0.487 e. The number of rotatable bonds is 4. The molecule has 5 nitrogen and oxygen atoms in total. The van der Waals surface area contributed by atoms with E-state index < -0.39 is 5.97 Å². The Labute approximate surface area is 113 Å². The Balaban J connectivity index is 1.88. The normalized spacial score (nSPS) is 12.4. The molecule has 19 heavy (non-hydrogen) atoms. The molecule has 98 valence electrons.